The molecule has 1 atom stereocenters. The van der Waals surface area contributed by atoms with Crippen molar-refractivity contribution in [3.05, 3.63) is 46.0 Å². The Hall–Kier alpha value is -1.68. The van der Waals surface area contributed by atoms with Crippen LogP contribution in [0, 0.1) is 5.92 Å². The van der Waals surface area contributed by atoms with Crippen molar-refractivity contribution in [3.8, 4) is 0 Å². The van der Waals surface area contributed by atoms with Crippen LogP contribution in [0.4, 0.5) is 5.13 Å². The first-order chi connectivity index (χ1) is 10.2. The van der Waals surface area contributed by atoms with Crippen molar-refractivity contribution < 1.29 is 0 Å². The van der Waals surface area contributed by atoms with Crippen LogP contribution >= 0.6 is 11.3 Å². The molecule has 1 aliphatic rings. The first-order valence-corrected chi connectivity index (χ1v) is 8.43. The van der Waals surface area contributed by atoms with Gasteiger partial charge in [-0.2, -0.15) is 5.10 Å². The van der Waals surface area contributed by atoms with Crippen LogP contribution in [0.2, 0.25) is 0 Å². The van der Waals surface area contributed by atoms with Gasteiger partial charge >= 0.3 is 0 Å². The molecule has 0 fully saturated rings. The van der Waals surface area contributed by atoms with Crippen molar-refractivity contribution in [2.24, 2.45) is 11.0 Å². The summed E-state index contributed by atoms with van der Waals surface area (Å²) >= 11 is 1.74. The smallest absolute Gasteiger partial charge is 0.203 e. The summed E-state index contributed by atoms with van der Waals surface area (Å²) in [7, 11) is 0. The SMILES string of the molecule is CCc1ccc(C=NNc2nc3c(s2)C[C@@H](C)CC3)cc1. The second-order valence-corrected chi connectivity index (χ2v) is 6.79. The summed E-state index contributed by atoms with van der Waals surface area (Å²) in [4.78, 5) is 6.07. The van der Waals surface area contributed by atoms with E-state index in [0.717, 1.165) is 35.9 Å². The highest BCUT2D eigenvalue weighted by atomic mass is 32.1. The van der Waals surface area contributed by atoms with E-state index in [1.54, 1.807) is 11.3 Å². The third-order valence-corrected chi connectivity index (χ3v) is 4.97. The van der Waals surface area contributed by atoms with Crippen LogP contribution in [0.3, 0.4) is 0 Å². The van der Waals surface area contributed by atoms with Gasteiger partial charge in [0.05, 0.1) is 11.9 Å². The molecule has 1 heterocycles. The van der Waals surface area contributed by atoms with Crippen LogP contribution in [0.15, 0.2) is 29.4 Å². The molecule has 1 aliphatic carbocycles. The molecular weight excluding hydrogens is 278 g/mol. The van der Waals surface area contributed by atoms with Crippen molar-refractivity contribution in [2.45, 2.75) is 39.5 Å². The van der Waals surface area contributed by atoms with E-state index < -0.39 is 0 Å². The number of hydrazone groups is 1. The van der Waals surface area contributed by atoms with E-state index in [9.17, 15) is 0 Å². The van der Waals surface area contributed by atoms with Crippen LogP contribution in [0.5, 0.6) is 0 Å². The van der Waals surface area contributed by atoms with E-state index in [-0.39, 0.29) is 0 Å². The van der Waals surface area contributed by atoms with E-state index in [1.807, 2.05) is 6.21 Å². The number of rotatable bonds is 4. The molecule has 0 unspecified atom stereocenters. The first kappa shape index (κ1) is 14.3. The summed E-state index contributed by atoms with van der Waals surface area (Å²) in [6, 6.07) is 8.48. The zero-order chi connectivity index (χ0) is 14.7. The summed E-state index contributed by atoms with van der Waals surface area (Å²) in [5.41, 5.74) is 6.79. The Morgan fingerprint density at radius 2 is 2.19 bits per heavy atom. The number of anilines is 1. The zero-order valence-electron chi connectivity index (χ0n) is 12.6. The van der Waals surface area contributed by atoms with Gasteiger partial charge in [-0.25, -0.2) is 4.98 Å². The molecule has 4 heteroatoms. The van der Waals surface area contributed by atoms with E-state index >= 15 is 0 Å². The summed E-state index contributed by atoms with van der Waals surface area (Å²) in [6.07, 6.45) is 6.44. The van der Waals surface area contributed by atoms with Crippen LogP contribution in [-0.4, -0.2) is 11.2 Å². The highest BCUT2D eigenvalue weighted by molar-refractivity contribution is 7.15. The molecule has 21 heavy (non-hydrogen) atoms. The number of nitrogens with zero attached hydrogens (tertiary/aromatic N) is 2. The van der Waals surface area contributed by atoms with Crippen LogP contribution in [-0.2, 0) is 19.3 Å². The van der Waals surface area contributed by atoms with Crippen LogP contribution < -0.4 is 5.43 Å². The Morgan fingerprint density at radius 1 is 1.38 bits per heavy atom. The Labute approximate surface area is 130 Å². The topological polar surface area (TPSA) is 37.3 Å². The molecule has 3 rings (SSSR count). The van der Waals surface area contributed by atoms with Gasteiger partial charge in [0, 0.05) is 4.88 Å². The third kappa shape index (κ3) is 3.50. The molecule has 1 aromatic heterocycles. The van der Waals surface area contributed by atoms with Gasteiger partial charge in [0.15, 0.2) is 0 Å². The lowest BCUT2D eigenvalue weighted by Gasteiger charge is -2.15. The van der Waals surface area contributed by atoms with Gasteiger partial charge < -0.3 is 0 Å². The molecule has 0 amide bonds. The fourth-order valence-corrected chi connectivity index (χ4v) is 3.71. The maximum Gasteiger partial charge on any atom is 0.203 e. The molecule has 0 saturated carbocycles. The first-order valence-electron chi connectivity index (χ1n) is 7.61. The van der Waals surface area contributed by atoms with Crippen LogP contribution in [0.25, 0.3) is 0 Å². The standard InChI is InChI=1S/C17H21N3S/c1-3-13-5-7-14(8-6-13)11-18-20-17-19-15-9-4-12(2)10-16(15)21-17/h5-8,11-12H,3-4,9-10H2,1-2H3,(H,19,20)/t12-/m0/s1. The molecule has 0 aliphatic heterocycles. The van der Waals surface area contributed by atoms with Crippen molar-refractivity contribution in [3.63, 3.8) is 0 Å². The molecule has 0 spiro atoms. The Morgan fingerprint density at radius 3 is 2.95 bits per heavy atom. The van der Waals surface area contributed by atoms with Gasteiger partial charge in [0.25, 0.3) is 0 Å². The Balaban J connectivity index is 1.63. The summed E-state index contributed by atoms with van der Waals surface area (Å²) < 4.78 is 0. The largest absolute Gasteiger partial charge is 0.253 e. The highest BCUT2D eigenvalue weighted by Crippen LogP contribution is 2.31. The Bertz CT molecular complexity index is 628. The summed E-state index contributed by atoms with van der Waals surface area (Å²) in [5.74, 6) is 0.784. The van der Waals surface area contributed by atoms with Gasteiger partial charge in [-0.3, -0.25) is 5.43 Å². The van der Waals surface area contributed by atoms with Gasteiger partial charge in [0.2, 0.25) is 5.13 Å². The van der Waals surface area contributed by atoms with Crippen molar-refractivity contribution in [2.75, 3.05) is 5.43 Å². The van der Waals surface area contributed by atoms with E-state index in [4.69, 9.17) is 0 Å². The predicted molar refractivity (Wildman–Crippen MR) is 90.3 cm³/mol. The fourth-order valence-electron chi connectivity index (χ4n) is 2.59. The quantitative estimate of drug-likeness (QED) is 0.676. The minimum absolute atomic E-state index is 0.784. The average Bonchev–Trinajstić information content (AvgIpc) is 2.89. The molecule has 1 N–H and O–H groups in total. The fraction of sp³-hybridized carbons (Fsp3) is 0.412. The lowest BCUT2D eigenvalue weighted by atomic mass is 9.93. The predicted octanol–water partition coefficient (Wildman–Crippen LogP) is 4.28. The lowest BCUT2D eigenvalue weighted by Crippen LogP contribution is -2.09. The van der Waals surface area contributed by atoms with Gasteiger partial charge in [-0.05, 0) is 42.7 Å². The minimum atomic E-state index is 0.784. The second-order valence-electron chi connectivity index (χ2n) is 5.70. The highest BCUT2D eigenvalue weighted by Gasteiger charge is 2.19. The third-order valence-electron chi connectivity index (χ3n) is 3.95. The maximum atomic E-state index is 4.64. The van der Waals surface area contributed by atoms with Crippen molar-refractivity contribution >= 4 is 22.7 Å². The lowest BCUT2D eigenvalue weighted by molar-refractivity contribution is 0.502. The van der Waals surface area contributed by atoms with E-state index in [1.165, 1.54) is 22.6 Å². The number of benzene rings is 1. The average molecular weight is 299 g/mol. The number of nitrogens with one attached hydrogen (secondary N) is 1. The number of hydrogen-bond acceptors (Lipinski definition) is 4. The zero-order valence-corrected chi connectivity index (χ0v) is 13.4. The number of aromatic nitrogens is 1. The van der Waals surface area contributed by atoms with Gasteiger partial charge in [-0.15, -0.1) is 11.3 Å². The van der Waals surface area contributed by atoms with E-state index in [0.29, 0.717) is 0 Å². The van der Waals surface area contributed by atoms with E-state index in [2.05, 4.69) is 53.6 Å². The maximum absolute atomic E-state index is 4.64. The number of fused-ring (bicyclic) bond motifs is 1. The van der Waals surface area contributed by atoms with Crippen LogP contribution in [0.1, 0.15) is 42.0 Å². The minimum Gasteiger partial charge on any atom is -0.253 e. The van der Waals surface area contributed by atoms with Gasteiger partial charge in [-0.1, -0.05) is 38.1 Å². The number of thiazole rings is 1. The summed E-state index contributed by atoms with van der Waals surface area (Å²) in [5, 5.41) is 5.22. The molecular formula is C17H21N3S. The molecule has 0 radical (unpaired) electrons. The van der Waals surface area contributed by atoms with Gasteiger partial charge in [0.1, 0.15) is 0 Å². The number of hydrogen-bond donors (Lipinski definition) is 1. The monoisotopic (exact) mass is 299 g/mol. The molecule has 0 saturated heterocycles. The van der Waals surface area contributed by atoms with Crippen molar-refractivity contribution in [1.82, 2.24) is 4.98 Å². The number of aryl methyl sites for hydroxylation is 2. The molecule has 110 valence electrons. The van der Waals surface area contributed by atoms with Crippen molar-refractivity contribution in [1.29, 1.82) is 0 Å². The molecule has 3 nitrogen and oxygen atoms in total. The second kappa shape index (κ2) is 6.39. The summed E-state index contributed by atoms with van der Waals surface area (Å²) in [6.45, 7) is 4.48. The normalized spacial score (nSPS) is 17.9. The molecule has 0 bridgehead atoms. The molecule has 1 aromatic carbocycles. The Kier molecular flexibility index (Phi) is 4.34. The molecule has 2 aromatic rings.